The maximum absolute atomic E-state index is 13.4. The number of hydrogen-bond donors (Lipinski definition) is 4. The van der Waals surface area contributed by atoms with Gasteiger partial charge in [0.2, 0.25) is 17.7 Å². The fourth-order valence-corrected chi connectivity index (χ4v) is 10.2. The Kier molecular flexibility index (Phi) is 24.0. The molecule has 0 saturated heterocycles. The molecule has 426 valence electrons. The smallest absolute Gasteiger partial charge is 0.238 e. The Morgan fingerprint density at radius 2 is 1.19 bits per heavy atom. The molecule has 0 unspecified atom stereocenters. The minimum atomic E-state index is -0.497. The highest BCUT2D eigenvalue weighted by Crippen LogP contribution is 2.40. The standard InChI is InChI=1S/C20H22ClN3O3S.C11H14FNO2.C10H10ClNOS.C10H11NOS.C7H8FNO/c1-11(2)20-24-14-5-6-15(18(21)19(14)28-20)27-17-9-22-16(8-23-17)26-10-12(3)7-13(4)25;1-7(2)11(14)13-10-5-4-8(15-3)6-9(10)12;1-5(2)10-12-6-3-4-7(13)8(11)9(6)14-10;1-6(2)10-11-8-4-3-7(12)5-9(8)13-10;1-10-5-2-3-7(9)6(8)4-5/h5-6,8-9,11-12H,7,10H2,1-4H3;4-7H,1-3H3,(H,13,14);3-5,13H,1-2H3;3-6,12H,1-2H3;2-4H,9H2,1H3/t12-;;;;/m1..../s1. The molecule has 0 bridgehead atoms. The molecule has 4 heterocycles. The fourth-order valence-electron chi connectivity index (χ4n) is 6.63. The number of fused-ring (bicyclic) bond motifs is 3. The Morgan fingerprint density at radius 3 is 1.73 bits per heavy atom. The molecular weight excluding hydrogens is 1130 g/mol. The number of rotatable bonds is 14. The number of Topliss-reactive ketones (excluding diaryl/α,β-unsaturated/α-hetero) is 1. The highest BCUT2D eigenvalue weighted by Gasteiger charge is 2.17. The number of benzene rings is 5. The molecular formula is C58H65Cl2F2N7O8S3. The van der Waals surface area contributed by atoms with E-state index in [9.17, 15) is 28.6 Å². The number of methoxy groups -OCH3 is 2. The number of anilines is 2. The number of hydrogen-bond acceptors (Lipinski definition) is 17. The van der Waals surface area contributed by atoms with Crippen molar-refractivity contribution in [3.8, 4) is 40.5 Å². The van der Waals surface area contributed by atoms with Crippen molar-refractivity contribution in [2.24, 2.45) is 11.8 Å². The Bertz CT molecular complexity index is 3500. The number of aromatic nitrogens is 5. The lowest BCUT2D eigenvalue weighted by Crippen LogP contribution is -2.18. The van der Waals surface area contributed by atoms with Crippen molar-refractivity contribution >= 4 is 111 Å². The van der Waals surface area contributed by atoms with Gasteiger partial charge in [0.15, 0.2) is 0 Å². The van der Waals surface area contributed by atoms with Crippen LogP contribution in [0.1, 0.15) is 108 Å². The summed E-state index contributed by atoms with van der Waals surface area (Å²) >= 11 is 17.2. The first-order chi connectivity index (χ1) is 37.9. The molecule has 0 aliphatic heterocycles. The summed E-state index contributed by atoms with van der Waals surface area (Å²) in [5.74, 6) is 2.68. The molecule has 22 heteroatoms. The molecule has 5 aromatic carbocycles. The number of nitrogens with zero attached hydrogens (tertiary/aromatic N) is 5. The average molecular weight is 1190 g/mol. The minimum Gasteiger partial charge on any atom is -0.508 e. The summed E-state index contributed by atoms with van der Waals surface area (Å²) in [5, 5.41) is 25.3. The van der Waals surface area contributed by atoms with E-state index in [1.807, 2.05) is 19.1 Å². The van der Waals surface area contributed by atoms with Gasteiger partial charge in [-0.25, -0.2) is 33.7 Å². The summed E-state index contributed by atoms with van der Waals surface area (Å²) in [7, 11) is 2.94. The van der Waals surface area contributed by atoms with Crippen LogP contribution < -0.4 is 30.0 Å². The normalized spacial score (nSPS) is 11.2. The summed E-state index contributed by atoms with van der Waals surface area (Å²) in [6, 6.07) is 21.0. The second-order valence-electron chi connectivity index (χ2n) is 19.2. The summed E-state index contributed by atoms with van der Waals surface area (Å²) in [6.07, 6.45) is 3.45. The molecule has 0 spiro atoms. The van der Waals surface area contributed by atoms with Crippen LogP contribution in [0.5, 0.6) is 40.5 Å². The Balaban J connectivity index is 0.000000194. The van der Waals surface area contributed by atoms with E-state index in [-0.39, 0.29) is 40.7 Å². The van der Waals surface area contributed by atoms with Gasteiger partial charge in [-0.1, -0.05) is 85.5 Å². The predicted octanol–water partition coefficient (Wildman–Crippen LogP) is 16.4. The van der Waals surface area contributed by atoms with Crippen molar-refractivity contribution in [2.45, 2.75) is 93.4 Å². The number of aromatic hydroxyl groups is 2. The summed E-state index contributed by atoms with van der Waals surface area (Å²) in [5.41, 5.74) is 8.23. The average Bonchev–Trinajstić information content (AvgIpc) is 4.20. The van der Waals surface area contributed by atoms with Crippen molar-refractivity contribution in [2.75, 3.05) is 31.9 Å². The van der Waals surface area contributed by atoms with Crippen LogP contribution in [-0.2, 0) is 9.59 Å². The number of carbonyl (C=O) groups is 2. The van der Waals surface area contributed by atoms with Crippen LogP contribution in [0.15, 0.2) is 91.3 Å². The van der Waals surface area contributed by atoms with E-state index in [0.29, 0.717) is 75.6 Å². The number of carbonyl (C=O) groups excluding carboxylic acids is 2. The predicted molar refractivity (Wildman–Crippen MR) is 320 cm³/mol. The zero-order valence-corrected chi connectivity index (χ0v) is 50.3. The first-order valence-electron chi connectivity index (χ1n) is 25.2. The van der Waals surface area contributed by atoms with Crippen molar-refractivity contribution < 1.29 is 47.5 Å². The van der Waals surface area contributed by atoms with E-state index < -0.39 is 11.6 Å². The van der Waals surface area contributed by atoms with Crippen LogP contribution in [0, 0.1) is 23.5 Å². The van der Waals surface area contributed by atoms with E-state index in [4.69, 9.17) is 47.9 Å². The minimum absolute atomic E-state index is 0.121. The number of ether oxygens (including phenoxy) is 4. The number of ketones is 1. The largest absolute Gasteiger partial charge is 0.508 e. The van der Waals surface area contributed by atoms with Gasteiger partial charge >= 0.3 is 0 Å². The molecule has 9 aromatic rings. The van der Waals surface area contributed by atoms with Crippen LogP contribution in [0.3, 0.4) is 0 Å². The van der Waals surface area contributed by atoms with Gasteiger partial charge in [-0.05, 0) is 79.6 Å². The van der Waals surface area contributed by atoms with Gasteiger partial charge in [0.25, 0.3) is 0 Å². The first kappa shape index (κ1) is 63.9. The number of amides is 1. The van der Waals surface area contributed by atoms with E-state index in [0.717, 1.165) is 45.7 Å². The van der Waals surface area contributed by atoms with Gasteiger partial charge in [-0.2, -0.15) is 0 Å². The van der Waals surface area contributed by atoms with Gasteiger partial charge in [-0.3, -0.25) is 4.79 Å². The second-order valence-corrected chi connectivity index (χ2v) is 23.1. The highest BCUT2D eigenvalue weighted by molar-refractivity contribution is 7.20. The first-order valence-corrected chi connectivity index (χ1v) is 28.4. The lowest BCUT2D eigenvalue weighted by atomic mass is 10.1. The molecule has 0 aliphatic carbocycles. The zero-order chi connectivity index (χ0) is 59.0. The number of phenols is 2. The van der Waals surface area contributed by atoms with E-state index in [1.165, 1.54) is 50.9 Å². The molecule has 80 heavy (non-hydrogen) atoms. The van der Waals surface area contributed by atoms with Crippen LogP contribution in [0.25, 0.3) is 30.6 Å². The molecule has 4 aromatic heterocycles. The van der Waals surface area contributed by atoms with Crippen molar-refractivity contribution in [1.82, 2.24) is 24.9 Å². The van der Waals surface area contributed by atoms with Crippen molar-refractivity contribution in [3.63, 3.8) is 0 Å². The third kappa shape index (κ3) is 18.6. The zero-order valence-electron chi connectivity index (χ0n) is 46.4. The van der Waals surface area contributed by atoms with Crippen LogP contribution >= 0.6 is 57.2 Å². The Morgan fingerprint density at radius 1 is 0.662 bits per heavy atom. The molecule has 0 fully saturated rings. The Labute approximate surface area is 486 Å². The van der Waals surface area contributed by atoms with E-state index in [2.05, 4.69) is 71.8 Å². The maximum Gasteiger partial charge on any atom is 0.238 e. The van der Waals surface area contributed by atoms with Crippen molar-refractivity contribution in [1.29, 1.82) is 0 Å². The summed E-state index contributed by atoms with van der Waals surface area (Å²) in [6.45, 7) is 20.0. The SMILES string of the molecule is CC(=O)C[C@@H](C)COc1cnc(Oc2ccc3nc(C(C)C)sc3c2Cl)cn1.CC(C)c1nc2ccc(O)c(Cl)c2s1.CC(C)c1nc2ccc(O)cc2s1.COc1ccc(N)c(F)c1.COc1ccc(NC(=O)C(C)C)c(F)c1. The number of thiazole rings is 3. The van der Waals surface area contributed by atoms with Gasteiger partial charge < -0.3 is 45.0 Å². The van der Waals surface area contributed by atoms with Crippen molar-refractivity contribution in [3.05, 3.63) is 128 Å². The third-order valence-corrected chi connectivity index (χ3v) is 16.1. The second kappa shape index (κ2) is 30.0. The molecule has 1 amide bonds. The number of nitrogen functional groups attached to an aromatic ring is 1. The van der Waals surface area contributed by atoms with Gasteiger partial charge in [0, 0.05) is 42.2 Å². The lowest BCUT2D eigenvalue weighted by Gasteiger charge is -2.11. The number of nitrogens with one attached hydrogen (secondary N) is 1. The van der Waals surface area contributed by atoms with Gasteiger partial charge in [0.1, 0.15) is 56.2 Å². The Hall–Kier alpha value is -6.97. The third-order valence-electron chi connectivity index (χ3n) is 11.0. The summed E-state index contributed by atoms with van der Waals surface area (Å²) < 4.78 is 49.7. The molecule has 5 N–H and O–H groups in total. The molecule has 0 aliphatic rings. The molecule has 9 rings (SSSR count). The highest BCUT2D eigenvalue weighted by atomic mass is 35.5. The van der Waals surface area contributed by atoms with Crippen LogP contribution in [0.4, 0.5) is 20.2 Å². The maximum atomic E-state index is 13.4. The van der Waals surface area contributed by atoms with Crippen LogP contribution in [0.2, 0.25) is 10.0 Å². The van der Waals surface area contributed by atoms with Crippen LogP contribution in [-0.4, -0.2) is 67.6 Å². The number of phenolic OH excluding ortho intramolecular Hbond substituents is 2. The molecule has 0 radical (unpaired) electrons. The van der Waals surface area contributed by atoms with E-state index in [1.54, 1.807) is 97.2 Å². The quantitative estimate of drug-likeness (QED) is 0.0746. The fraction of sp³-hybridized carbons (Fsp3) is 0.328. The number of nitrogens with two attached hydrogens (primary N) is 1. The summed E-state index contributed by atoms with van der Waals surface area (Å²) in [4.78, 5) is 44.3. The lowest BCUT2D eigenvalue weighted by molar-refractivity contribution is -0.119. The van der Waals surface area contributed by atoms with E-state index >= 15 is 0 Å². The molecule has 15 nitrogen and oxygen atoms in total. The molecule has 0 saturated carbocycles. The topological polar surface area (TPSA) is 214 Å². The van der Waals surface area contributed by atoms with Gasteiger partial charge in [0.05, 0.1) is 90.3 Å². The molecule has 1 atom stereocenters. The monoisotopic (exact) mass is 1190 g/mol. The van der Waals surface area contributed by atoms with Gasteiger partial charge in [-0.15, -0.1) is 34.0 Å². The number of halogens is 4.